The van der Waals surface area contributed by atoms with E-state index in [-0.39, 0.29) is 18.0 Å². The standard InChI is InChI=1S/C12H22N2O3Si/c1-6-10-7-13-12(16)14(11(10)15)8-17-9(2)18(3,4)5/h7,9H,6,8H2,1-5H3,(H,13,16). The molecule has 1 atom stereocenters. The van der Waals surface area contributed by atoms with Gasteiger partial charge in [-0.1, -0.05) is 26.6 Å². The zero-order valence-electron chi connectivity index (χ0n) is 11.7. The van der Waals surface area contributed by atoms with E-state index in [0.29, 0.717) is 12.0 Å². The third-order valence-corrected chi connectivity index (χ3v) is 5.79. The Balaban J connectivity index is 2.92. The number of aryl methyl sites for hydroxylation is 1. The van der Waals surface area contributed by atoms with Crippen LogP contribution in [0.5, 0.6) is 0 Å². The summed E-state index contributed by atoms with van der Waals surface area (Å²) in [7, 11) is -1.42. The van der Waals surface area contributed by atoms with Crippen molar-refractivity contribution in [2.24, 2.45) is 0 Å². The summed E-state index contributed by atoms with van der Waals surface area (Å²) >= 11 is 0. The fourth-order valence-electron chi connectivity index (χ4n) is 1.36. The number of rotatable bonds is 5. The largest absolute Gasteiger partial charge is 0.361 e. The SMILES string of the molecule is CCc1c[nH]c(=O)n(COC(C)[Si](C)(C)C)c1=O. The zero-order valence-corrected chi connectivity index (χ0v) is 12.7. The van der Waals surface area contributed by atoms with Crippen molar-refractivity contribution in [2.45, 2.75) is 52.4 Å². The molecule has 5 nitrogen and oxygen atoms in total. The van der Waals surface area contributed by atoms with E-state index in [2.05, 4.69) is 24.6 Å². The quantitative estimate of drug-likeness (QED) is 0.821. The molecule has 6 heteroatoms. The van der Waals surface area contributed by atoms with Crippen molar-refractivity contribution in [1.29, 1.82) is 0 Å². The Hall–Kier alpha value is -1.14. The van der Waals surface area contributed by atoms with Gasteiger partial charge in [-0.25, -0.2) is 9.36 Å². The molecule has 102 valence electrons. The average Bonchev–Trinajstić information content (AvgIpc) is 2.27. The molecule has 0 aliphatic carbocycles. The Morgan fingerprint density at radius 3 is 2.50 bits per heavy atom. The van der Waals surface area contributed by atoms with Crippen molar-refractivity contribution >= 4 is 8.07 Å². The lowest BCUT2D eigenvalue weighted by molar-refractivity contribution is 0.0515. The molecule has 1 N–H and O–H groups in total. The molecule has 1 aromatic rings. The third kappa shape index (κ3) is 3.43. The number of H-pyrrole nitrogens is 1. The smallest absolute Gasteiger partial charge is 0.330 e. The van der Waals surface area contributed by atoms with Gasteiger partial charge in [0.15, 0.2) is 0 Å². The van der Waals surface area contributed by atoms with Crippen LogP contribution in [0.15, 0.2) is 15.8 Å². The van der Waals surface area contributed by atoms with E-state index >= 15 is 0 Å². The van der Waals surface area contributed by atoms with E-state index in [9.17, 15) is 9.59 Å². The number of aromatic amines is 1. The zero-order chi connectivity index (χ0) is 13.9. The van der Waals surface area contributed by atoms with Crippen LogP contribution in [0, 0.1) is 0 Å². The summed E-state index contributed by atoms with van der Waals surface area (Å²) < 4.78 is 6.78. The molecule has 0 radical (unpaired) electrons. The molecule has 0 saturated heterocycles. The molecule has 0 spiro atoms. The molecule has 0 aliphatic rings. The normalized spacial score (nSPS) is 13.6. The van der Waals surface area contributed by atoms with Crippen LogP contribution < -0.4 is 11.2 Å². The van der Waals surface area contributed by atoms with Crippen LogP contribution in [-0.4, -0.2) is 23.4 Å². The number of hydrogen-bond acceptors (Lipinski definition) is 3. The van der Waals surface area contributed by atoms with Crippen LogP contribution in [0.4, 0.5) is 0 Å². The molecule has 0 amide bonds. The van der Waals surface area contributed by atoms with Crippen molar-refractivity contribution in [3.63, 3.8) is 0 Å². The summed E-state index contributed by atoms with van der Waals surface area (Å²) in [6.45, 7) is 10.5. The molecule has 18 heavy (non-hydrogen) atoms. The minimum atomic E-state index is -1.42. The van der Waals surface area contributed by atoms with Gasteiger partial charge < -0.3 is 9.72 Å². The Morgan fingerprint density at radius 2 is 2.00 bits per heavy atom. The summed E-state index contributed by atoms with van der Waals surface area (Å²) in [6, 6.07) is 0. The van der Waals surface area contributed by atoms with Gasteiger partial charge in [-0.05, 0) is 13.3 Å². The molecule has 1 aromatic heterocycles. The number of nitrogens with zero attached hydrogens (tertiary/aromatic N) is 1. The van der Waals surface area contributed by atoms with E-state index in [1.165, 1.54) is 6.20 Å². The van der Waals surface area contributed by atoms with E-state index in [4.69, 9.17) is 4.74 Å². The average molecular weight is 270 g/mol. The highest BCUT2D eigenvalue weighted by Crippen LogP contribution is 2.10. The molecule has 0 bridgehead atoms. The highest BCUT2D eigenvalue weighted by atomic mass is 28.3. The first-order valence-electron chi connectivity index (χ1n) is 6.20. The van der Waals surface area contributed by atoms with Gasteiger partial charge in [-0.15, -0.1) is 0 Å². The third-order valence-electron chi connectivity index (χ3n) is 3.19. The molecule has 0 fully saturated rings. The maximum absolute atomic E-state index is 12.0. The fourth-order valence-corrected chi connectivity index (χ4v) is 1.94. The van der Waals surface area contributed by atoms with Gasteiger partial charge in [-0.2, -0.15) is 0 Å². The Bertz CT molecular complexity index is 513. The van der Waals surface area contributed by atoms with Gasteiger partial charge in [0.25, 0.3) is 5.56 Å². The van der Waals surface area contributed by atoms with Crippen LogP contribution in [0.2, 0.25) is 19.6 Å². The molecule has 0 aromatic carbocycles. The predicted octanol–water partition coefficient (Wildman–Crippen LogP) is 1.34. The second-order valence-electron chi connectivity index (χ2n) is 5.51. The molecule has 0 saturated carbocycles. The van der Waals surface area contributed by atoms with Crippen LogP contribution in [0.25, 0.3) is 0 Å². The molecule has 0 aliphatic heterocycles. The van der Waals surface area contributed by atoms with Crippen LogP contribution in [0.1, 0.15) is 19.4 Å². The summed E-state index contributed by atoms with van der Waals surface area (Å²) in [5.74, 6) is 0. The number of hydrogen-bond donors (Lipinski definition) is 1. The van der Waals surface area contributed by atoms with Crippen LogP contribution >= 0.6 is 0 Å². The van der Waals surface area contributed by atoms with Gasteiger partial charge in [0.05, 0.1) is 8.07 Å². The summed E-state index contributed by atoms with van der Waals surface area (Å²) in [5.41, 5.74) is 0.0111. The summed E-state index contributed by atoms with van der Waals surface area (Å²) in [6.07, 6.45) is 2.07. The van der Waals surface area contributed by atoms with Gasteiger partial charge in [0.2, 0.25) is 0 Å². The van der Waals surface area contributed by atoms with Crippen LogP contribution in [0.3, 0.4) is 0 Å². The highest BCUT2D eigenvalue weighted by molar-refractivity contribution is 6.77. The predicted molar refractivity (Wildman–Crippen MR) is 74.6 cm³/mol. The summed E-state index contributed by atoms with van der Waals surface area (Å²) in [5, 5.41) is 0. The van der Waals surface area contributed by atoms with Crippen molar-refractivity contribution < 1.29 is 4.74 Å². The van der Waals surface area contributed by atoms with Gasteiger partial charge in [-0.3, -0.25) is 4.79 Å². The van der Waals surface area contributed by atoms with Gasteiger partial charge >= 0.3 is 5.69 Å². The molecule has 1 heterocycles. The topological polar surface area (TPSA) is 64.1 Å². The van der Waals surface area contributed by atoms with E-state index in [1.54, 1.807) is 0 Å². The fraction of sp³-hybridized carbons (Fsp3) is 0.667. The molecule has 1 rings (SSSR count). The maximum Gasteiger partial charge on any atom is 0.330 e. The molecule has 1 unspecified atom stereocenters. The maximum atomic E-state index is 12.0. The first-order valence-corrected chi connectivity index (χ1v) is 9.78. The number of nitrogens with one attached hydrogen (secondary N) is 1. The Kier molecular flexibility index (Phi) is 4.69. The van der Waals surface area contributed by atoms with Crippen molar-refractivity contribution in [3.05, 3.63) is 32.6 Å². The van der Waals surface area contributed by atoms with E-state index in [0.717, 1.165) is 4.57 Å². The van der Waals surface area contributed by atoms with Crippen LogP contribution in [-0.2, 0) is 17.9 Å². The molecular formula is C12H22N2O3Si. The second-order valence-corrected chi connectivity index (χ2v) is 11.1. The van der Waals surface area contributed by atoms with Gasteiger partial charge in [0, 0.05) is 17.5 Å². The number of ether oxygens (including phenoxy) is 1. The minimum absolute atomic E-state index is 0.0213. The van der Waals surface area contributed by atoms with Crippen molar-refractivity contribution in [2.75, 3.05) is 0 Å². The Labute approximate surface area is 108 Å². The highest BCUT2D eigenvalue weighted by Gasteiger charge is 2.23. The lowest BCUT2D eigenvalue weighted by Crippen LogP contribution is -2.42. The lowest BCUT2D eigenvalue weighted by Gasteiger charge is -2.25. The first-order chi connectivity index (χ1) is 8.27. The monoisotopic (exact) mass is 270 g/mol. The van der Waals surface area contributed by atoms with Gasteiger partial charge in [0.1, 0.15) is 6.73 Å². The second kappa shape index (κ2) is 5.66. The molecular weight excluding hydrogens is 248 g/mol. The minimum Gasteiger partial charge on any atom is -0.361 e. The lowest BCUT2D eigenvalue weighted by atomic mass is 10.3. The summed E-state index contributed by atoms with van der Waals surface area (Å²) in [4.78, 5) is 26.1. The number of aromatic nitrogens is 2. The van der Waals surface area contributed by atoms with Crippen molar-refractivity contribution in [3.8, 4) is 0 Å². The first kappa shape index (κ1) is 14.9. The van der Waals surface area contributed by atoms with Crippen molar-refractivity contribution in [1.82, 2.24) is 9.55 Å². The Morgan fingerprint density at radius 1 is 1.39 bits per heavy atom. The van der Waals surface area contributed by atoms with E-state index in [1.807, 2.05) is 13.8 Å². The van der Waals surface area contributed by atoms with E-state index < -0.39 is 13.8 Å².